The van der Waals surface area contributed by atoms with E-state index in [1.165, 1.54) is 0 Å². The number of nitrogens with zero attached hydrogens (tertiary/aromatic N) is 3. The molecule has 10 heteroatoms. The van der Waals surface area contributed by atoms with Gasteiger partial charge in [-0.1, -0.05) is 0 Å². The predicted octanol–water partition coefficient (Wildman–Crippen LogP) is 3.00. The molecule has 0 radical (unpaired) electrons. The summed E-state index contributed by atoms with van der Waals surface area (Å²) in [5.41, 5.74) is 0.0205. The largest absolute Gasteiger partial charge is 0.462 e. The van der Waals surface area contributed by atoms with Crippen LogP contribution in [0.3, 0.4) is 0 Å². The minimum Gasteiger partial charge on any atom is -0.462 e. The number of carbonyl (C=O) groups is 2. The van der Waals surface area contributed by atoms with Crippen LogP contribution in [0, 0.1) is 11.8 Å². The number of ether oxygens (including phenoxy) is 1. The van der Waals surface area contributed by atoms with Crippen molar-refractivity contribution in [3.63, 3.8) is 0 Å². The third kappa shape index (κ3) is 3.93. The van der Waals surface area contributed by atoms with Crippen LogP contribution in [-0.2, 0) is 9.53 Å². The van der Waals surface area contributed by atoms with Crippen LogP contribution in [0.2, 0.25) is 0 Å². The fraction of sp³-hybridized carbons (Fsp3) is 0.737. The number of hydrogen-bond donors (Lipinski definition) is 1. The van der Waals surface area contributed by atoms with E-state index in [2.05, 4.69) is 10.4 Å². The highest BCUT2D eigenvalue weighted by Crippen LogP contribution is 2.43. The summed E-state index contributed by atoms with van der Waals surface area (Å²) in [7, 11) is 0. The average Bonchev–Trinajstić information content (AvgIpc) is 3.45. The minimum atomic E-state index is -4.48. The highest BCUT2D eigenvalue weighted by Gasteiger charge is 2.48. The summed E-state index contributed by atoms with van der Waals surface area (Å²) < 4.78 is 47.0. The Morgan fingerprint density at radius 2 is 1.93 bits per heavy atom. The number of anilines is 1. The Morgan fingerprint density at radius 3 is 2.52 bits per heavy atom. The van der Waals surface area contributed by atoms with Crippen molar-refractivity contribution in [2.45, 2.75) is 57.3 Å². The van der Waals surface area contributed by atoms with E-state index in [-0.39, 0.29) is 42.2 Å². The second-order valence-corrected chi connectivity index (χ2v) is 8.05. The third-order valence-electron chi connectivity index (χ3n) is 6.11. The highest BCUT2D eigenvalue weighted by atomic mass is 19.4. The van der Waals surface area contributed by atoms with E-state index < -0.39 is 24.2 Å². The fourth-order valence-corrected chi connectivity index (χ4v) is 4.37. The topological polar surface area (TPSA) is 76.5 Å². The van der Waals surface area contributed by atoms with Gasteiger partial charge in [-0.25, -0.2) is 9.48 Å². The molecule has 0 bridgehead atoms. The quantitative estimate of drug-likeness (QED) is 0.767. The molecular weight excluding hydrogens is 389 g/mol. The van der Waals surface area contributed by atoms with E-state index in [0.717, 1.165) is 23.7 Å². The van der Waals surface area contributed by atoms with E-state index in [0.29, 0.717) is 25.9 Å². The molecule has 0 unspecified atom stereocenters. The average molecular weight is 414 g/mol. The summed E-state index contributed by atoms with van der Waals surface area (Å²) in [4.78, 5) is 26.2. The van der Waals surface area contributed by atoms with Gasteiger partial charge in [-0.2, -0.15) is 18.3 Å². The first-order chi connectivity index (χ1) is 13.8. The molecule has 1 aromatic heterocycles. The van der Waals surface area contributed by atoms with E-state index in [1.54, 1.807) is 6.92 Å². The monoisotopic (exact) mass is 414 g/mol. The summed E-state index contributed by atoms with van der Waals surface area (Å²) in [6.45, 7) is 2.90. The van der Waals surface area contributed by atoms with E-state index in [9.17, 15) is 22.8 Å². The highest BCUT2D eigenvalue weighted by molar-refractivity contribution is 5.94. The number of carbonyl (C=O) groups excluding carboxylic acids is 2. The van der Waals surface area contributed by atoms with Gasteiger partial charge in [0.15, 0.2) is 6.04 Å². The molecule has 1 saturated heterocycles. The molecular formula is C19H25F3N4O3. The molecule has 2 aliphatic heterocycles. The SMILES string of the molecule is CCOC(=O)c1cnn2c1N[C@H](C1CCN(C(=O)C3CC3)CC1)C[C@@H]2C(F)(F)F. The van der Waals surface area contributed by atoms with Crippen LogP contribution in [0.25, 0.3) is 0 Å². The molecule has 3 aliphatic rings. The van der Waals surface area contributed by atoms with Crippen molar-refractivity contribution in [2.24, 2.45) is 11.8 Å². The zero-order valence-electron chi connectivity index (χ0n) is 16.2. The Morgan fingerprint density at radius 1 is 1.24 bits per heavy atom. The first-order valence-corrected chi connectivity index (χ1v) is 10.2. The van der Waals surface area contributed by atoms with Crippen molar-refractivity contribution < 1.29 is 27.5 Å². The maximum absolute atomic E-state index is 13.7. The van der Waals surface area contributed by atoms with Gasteiger partial charge in [-0.15, -0.1) is 0 Å². The molecule has 29 heavy (non-hydrogen) atoms. The lowest BCUT2D eigenvalue weighted by Gasteiger charge is -2.41. The van der Waals surface area contributed by atoms with Crippen molar-refractivity contribution >= 4 is 17.7 Å². The number of aromatic nitrogens is 2. The third-order valence-corrected chi connectivity index (χ3v) is 6.11. The standard InChI is InChI=1S/C19H25F3N4O3/c1-2-29-18(28)13-10-23-26-15(19(20,21)22)9-14(24-16(13)26)11-5-7-25(8-6-11)17(27)12-3-4-12/h10-12,14-15,24H,2-9H2,1H3/t14-,15+/m0/s1. The molecule has 160 valence electrons. The van der Waals surface area contributed by atoms with Gasteiger partial charge in [0, 0.05) is 25.0 Å². The lowest BCUT2D eigenvalue weighted by molar-refractivity contribution is -0.174. The summed E-state index contributed by atoms with van der Waals surface area (Å²) in [5, 5.41) is 6.96. The van der Waals surface area contributed by atoms with Crippen LogP contribution in [-0.4, -0.2) is 58.5 Å². The second kappa shape index (κ2) is 7.53. The van der Waals surface area contributed by atoms with Crippen molar-refractivity contribution in [3.8, 4) is 0 Å². The molecule has 1 amide bonds. The molecule has 1 saturated carbocycles. The van der Waals surface area contributed by atoms with Gasteiger partial charge >= 0.3 is 12.1 Å². The summed E-state index contributed by atoms with van der Waals surface area (Å²) in [5.74, 6) is -0.306. The number of amides is 1. The Hall–Kier alpha value is -2.26. The van der Waals surface area contributed by atoms with Crippen LogP contribution in [0.5, 0.6) is 0 Å². The van der Waals surface area contributed by atoms with Crippen LogP contribution >= 0.6 is 0 Å². The van der Waals surface area contributed by atoms with E-state index in [1.807, 2.05) is 4.90 Å². The predicted molar refractivity (Wildman–Crippen MR) is 97.3 cm³/mol. The van der Waals surface area contributed by atoms with Crippen LogP contribution in [0.4, 0.5) is 19.0 Å². The van der Waals surface area contributed by atoms with Crippen LogP contribution < -0.4 is 5.32 Å². The molecule has 1 N–H and O–H groups in total. The normalized spacial score (nSPS) is 25.3. The van der Waals surface area contributed by atoms with Gasteiger partial charge in [-0.05, 0) is 44.9 Å². The van der Waals surface area contributed by atoms with Gasteiger partial charge in [0.05, 0.1) is 12.8 Å². The first-order valence-electron chi connectivity index (χ1n) is 10.2. The number of alkyl halides is 3. The Kier molecular flexibility index (Phi) is 5.20. The fourth-order valence-electron chi connectivity index (χ4n) is 4.37. The number of esters is 1. The molecule has 2 fully saturated rings. The molecule has 0 aromatic carbocycles. The van der Waals surface area contributed by atoms with Crippen LogP contribution in [0.15, 0.2) is 6.20 Å². The maximum Gasteiger partial charge on any atom is 0.410 e. The zero-order valence-corrected chi connectivity index (χ0v) is 16.2. The first kappa shape index (κ1) is 20.0. The lowest BCUT2D eigenvalue weighted by atomic mass is 9.84. The molecule has 4 rings (SSSR count). The number of halogens is 3. The van der Waals surface area contributed by atoms with Gasteiger partial charge in [0.1, 0.15) is 11.4 Å². The number of piperidine rings is 1. The summed E-state index contributed by atoms with van der Waals surface area (Å²) >= 11 is 0. The molecule has 3 heterocycles. The minimum absolute atomic E-state index is 0.0122. The van der Waals surface area contributed by atoms with Crippen LogP contribution in [0.1, 0.15) is 55.4 Å². The van der Waals surface area contributed by atoms with Crippen molar-refractivity contribution in [2.75, 3.05) is 25.0 Å². The van der Waals surface area contributed by atoms with Gasteiger partial charge in [-0.3, -0.25) is 4.79 Å². The lowest BCUT2D eigenvalue weighted by Crippen LogP contribution is -2.47. The maximum atomic E-state index is 13.7. The van der Waals surface area contributed by atoms with Gasteiger partial charge in [0.25, 0.3) is 0 Å². The molecule has 2 atom stereocenters. The van der Waals surface area contributed by atoms with Crippen molar-refractivity contribution in [3.05, 3.63) is 11.8 Å². The number of hydrogen-bond acceptors (Lipinski definition) is 5. The number of fused-ring (bicyclic) bond motifs is 1. The number of nitrogens with one attached hydrogen (secondary N) is 1. The molecule has 1 aromatic rings. The molecule has 0 spiro atoms. The van der Waals surface area contributed by atoms with Gasteiger partial charge in [0.2, 0.25) is 5.91 Å². The smallest absolute Gasteiger partial charge is 0.410 e. The summed E-state index contributed by atoms with van der Waals surface area (Å²) in [6.07, 6.45) is -0.323. The molecule has 1 aliphatic carbocycles. The summed E-state index contributed by atoms with van der Waals surface area (Å²) in [6, 6.07) is -2.24. The Balaban J connectivity index is 1.52. The molecule has 7 nitrogen and oxygen atoms in total. The number of likely N-dealkylation sites (tertiary alicyclic amines) is 1. The second-order valence-electron chi connectivity index (χ2n) is 8.05. The number of rotatable bonds is 4. The van der Waals surface area contributed by atoms with E-state index in [4.69, 9.17) is 4.74 Å². The van der Waals surface area contributed by atoms with Crippen molar-refractivity contribution in [1.29, 1.82) is 0 Å². The Labute approximate surface area is 166 Å². The van der Waals surface area contributed by atoms with Gasteiger partial charge < -0.3 is 15.0 Å². The Bertz CT molecular complexity index is 782. The van der Waals surface area contributed by atoms with Crippen molar-refractivity contribution in [1.82, 2.24) is 14.7 Å². The zero-order chi connectivity index (χ0) is 20.8. The van der Waals surface area contributed by atoms with E-state index >= 15 is 0 Å².